The summed E-state index contributed by atoms with van der Waals surface area (Å²) in [4.78, 5) is 21.6. The van der Waals surface area contributed by atoms with E-state index in [0.29, 0.717) is 0 Å². The second-order valence-electron chi connectivity index (χ2n) is 6.70. The largest absolute Gasteiger partial charge is 0.342 e. The highest BCUT2D eigenvalue weighted by atomic mass is 32.2. The van der Waals surface area contributed by atoms with E-state index in [-0.39, 0.29) is 11.9 Å². The lowest BCUT2D eigenvalue weighted by molar-refractivity contribution is -0.136. The fourth-order valence-corrected chi connectivity index (χ4v) is 3.88. The fraction of sp³-hybridized carbons (Fsp3) is 0.500. The van der Waals surface area contributed by atoms with E-state index in [1.165, 1.54) is 5.56 Å². The van der Waals surface area contributed by atoms with Crippen molar-refractivity contribution in [2.75, 3.05) is 44.7 Å². The van der Waals surface area contributed by atoms with E-state index in [1.54, 1.807) is 11.8 Å². The third-order valence-corrected chi connectivity index (χ3v) is 5.66. The Hall–Kier alpha value is -1.79. The van der Waals surface area contributed by atoms with Crippen LogP contribution in [0.25, 0.3) is 0 Å². The maximum absolute atomic E-state index is 13.1. The van der Waals surface area contributed by atoms with E-state index >= 15 is 0 Å². The second-order valence-corrected chi connectivity index (χ2v) is 7.69. The third-order valence-electron chi connectivity index (χ3n) is 5.02. The van der Waals surface area contributed by atoms with Gasteiger partial charge in [-0.05, 0) is 54.7 Å². The van der Waals surface area contributed by atoms with Crippen LogP contribution in [0.3, 0.4) is 0 Å². The van der Waals surface area contributed by atoms with Crippen LogP contribution in [0.4, 0.5) is 0 Å². The Morgan fingerprint density at radius 2 is 1.85 bits per heavy atom. The number of thioether (sulfide) groups is 1. The Morgan fingerprint density at radius 1 is 1.15 bits per heavy atom. The highest BCUT2D eigenvalue weighted by molar-refractivity contribution is 7.98. The van der Waals surface area contributed by atoms with Gasteiger partial charge in [-0.3, -0.25) is 14.7 Å². The third kappa shape index (κ3) is 5.11. The summed E-state index contributed by atoms with van der Waals surface area (Å²) >= 11 is 1.80. The predicted molar refractivity (Wildman–Crippen MR) is 107 cm³/mol. The summed E-state index contributed by atoms with van der Waals surface area (Å²) in [5, 5.41) is 0. The summed E-state index contributed by atoms with van der Waals surface area (Å²) in [6.07, 6.45) is 11.7. The number of hydrogen-bond donors (Lipinski definition) is 0. The molecular weight excluding hydrogens is 344 g/mol. The van der Waals surface area contributed by atoms with Gasteiger partial charge in [0.05, 0.1) is 0 Å². The second kappa shape index (κ2) is 9.78. The number of amides is 1. The van der Waals surface area contributed by atoms with E-state index in [2.05, 4.69) is 32.8 Å². The minimum Gasteiger partial charge on any atom is -0.342 e. The first-order chi connectivity index (χ1) is 12.8. The topological polar surface area (TPSA) is 41.4 Å². The number of hydrogen-bond acceptors (Lipinski definition) is 4. The monoisotopic (exact) mass is 372 g/mol. The summed E-state index contributed by atoms with van der Waals surface area (Å²) in [6, 6.07) is 8.08. The number of pyridine rings is 1. The molecule has 0 bridgehead atoms. The summed E-state index contributed by atoms with van der Waals surface area (Å²) in [7, 11) is 0. The molecule has 0 aliphatic carbocycles. The number of rotatable bonds is 8. The molecule has 1 fully saturated rings. The van der Waals surface area contributed by atoms with Crippen LogP contribution >= 0.6 is 11.8 Å². The number of carbonyl (C=O) groups excluding carboxylic acids is 1. The zero-order valence-corrected chi connectivity index (χ0v) is 16.3. The van der Waals surface area contributed by atoms with Gasteiger partial charge in [0.1, 0.15) is 6.04 Å². The van der Waals surface area contributed by atoms with E-state index in [0.717, 1.165) is 51.3 Å². The van der Waals surface area contributed by atoms with Gasteiger partial charge in [0.15, 0.2) is 0 Å². The van der Waals surface area contributed by atoms with Gasteiger partial charge in [-0.15, -0.1) is 0 Å². The smallest absolute Gasteiger partial charge is 0.245 e. The summed E-state index contributed by atoms with van der Waals surface area (Å²) in [5.74, 6) is 1.27. The Balaban J connectivity index is 1.50. The average Bonchev–Trinajstić information content (AvgIpc) is 3.22. The summed E-state index contributed by atoms with van der Waals surface area (Å²) in [6.45, 7) is 4.60. The lowest BCUT2D eigenvalue weighted by atomic mass is 10.1. The summed E-state index contributed by atoms with van der Waals surface area (Å²) in [5.41, 5.74) is 1.32. The van der Waals surface area contributed by atoms with Crippen molar-refractivity contribution in [1.82, 2.24) is 19.4 Å². The van der Waals surface area contributed by atoms with Crippen molar-refractivity contribution in [2.45, 2.75) is 18.9 Å². The highest BCUT2D eigenvalue weighted by Gasteiger charge is 2.27. The summed E-state index contributed by atoms with van der Waals surface area (Å²) < 4.78 is 2.06. The lowest BCUT2D eigenvalue weighted by Gasteiger charge is -2.36. The van der Waals surface area contributed by atoms with Crippen molar-refractivity contribution >= 4 is 17.7 Å². The molecular formula is C20H28N4OS. The zero-order valence-electron chi connectivity index (χ0n) is 15.5. The van der Waals surface area contributed by atoms with E-state index in [9.17, 15) is 4.79 Å². The van der Waals surface area contributed by atoms with Crippen molar-refractivity contribution in [3.8, 4) is 0 Å². The molecule has 6 heteroatoms. The van der Waals surface area contributed by atoms with Crippen LogP contribution in [0.1, 0.15) is 18.0 Å². The highest BCUT2D eigenvalue weighted by Crippen LogP contribution is 2.19. The molecule has 1 saturated heterocycles. The molecule has 3 heterocycles. The number of aromatic nitrogens is 2. The van der Waals surface area contributed by atoms with Crippen molar-refractivity contribution in [2.24, 2.45) is 0 Å². The molecule has 5 nitrogen and oxygen atoms in total. The van der Waals surface area contributed by atoms with E-state index in [4.69, 9.17) is 0 Å². The molecule has 1 amide bonds. The normalized spacial score (nSPS) is 16.6. The molecule has 0 N–H and O–H groups in total. The van der Waals surface area contributed by atoms with Gasteiger partial charge >= 0.3 is 0 Å². The van der Waals surface area contributed by atoms with Crippen LogP contribution in [0.2, 0.25) is 0 Å². The van der Waals surface area contributed by atoms with Gasteiger partial charge in [-0.1, -0.05) is 0 Å². The Morgan fingerprint density at radius 3 is 2.50 bits per heavy atom. The standard InChI is InChI=1S/C20H28N4OS/c1-26-17-7-19(23-10-2-3-11-23)20(25)24-15-13-22(14-16-24)12-6-18-4-8-21-9-5-18/h2-5,8-11,19H,6-7,12-17H2,1H3/t19-/m0/s1. The van der Waals surface area contributed by atoms with Crippen LogP contribution in [-0.2, 0) is 11.2 Å². The lowest BCUT2D eigenvalue weighted by Crippen LogP contribution is -2.50. The molecule has 1 aliphatic rings. The Kier molecular flexibility index (Phi) is 7.14. The van der Waals surface area contributed by atoms with Crippen LogP contribution < -0.4 is 0 Å². The Labute approximate surface area is 160 Å². The van der Waals surface area contributed by atoms with Crippen LogP contribution in [-0.4, -0.2) is 70.0 Å². The van der Waals surface area contributed by atoms with Gasteiger partial charge in [0.25, 0.3) is 0 Å². The first-order valence-corrected chi connectivity index (χ1v) is 10.7. The average molecular weight is 373 g/mol. The van der Waals surface area contributed by atoms with E-state index < -0.39 is 0 Å². The molecule has 0 radical (unpaired) electrons. The number of piperazine rings is 1. The maximum Gasteiger partial charge on any atom is 0.245 e. The van der Waals surface area contributed by atoms with Crippen molar-refractivity contribution in [1.29, 1.82) is 0 Å². The maximum atomic E-state index is 13.1. The Bertz CT molecular complexity index is 654. The first kappa shape index (κ1) is 19.0. The number of nitrogens with zero attached hydrogens (tertiary/aromatic N) is 4. The van der Waals surface area contributed by atoms with E-state index in [1.807, 2.05) is 41.8 Å². The zero-order chi connectivity index (χ0) is 18.2. The van der Waals surface area contributed by atoms with Gasteiger partial charge in [0.2, 0.25) is 5.91 Å². The first-order valence-electron chi connectivity index (χ1n) is 9.29. The molecule has 3 rings (SSSR count). The molecule has 1 aliphatic heterocycles. The molecule has 0 saturated carbocycles. The molecule has 0 aromatic carbocycles. The SMILES string of the molecule is CSCC[C@@H](C(=O)N1CCN(CCc2ccncc2)CC1)n1cccc1. The van der Waals surface area contributed by atoms with Crippen molar-refractivity contribution in [3.05, 3.63) is 54.6 Å². The fourth-order valence-electron chi connectivity index (χ4n) is 3.42. The van der Waals surface area contributed by atoms with Gasteiger partial charge in [-0.25, -0.2) is 0 Å². The van der Waals surface area contributed by atoms with Gasteiger partial charge in [0, 0.05) is 57.5 Å². The predicted octanol–water partition coefficient (Wildman–Crippen LogP) is 2.56. The minimum absolute atomic E-state index is 0.0687. The minimum atomic E-state index is -0.0687. The molecule has 0 unspecified atom stereocenters. The van der Waals surface area contributed by atoms with Crippen LogP contribution in [0, 0.1) is 0 Å². The van der Waals surface area contributed by atoms with Crippen LogP contribution in [0.5, 0.6) is 0 Å². The molecule has 0 spiro atoms. The molecule has 2 aromatic rings. The van der Waals surface area contributed by atoms with Crippen LogP contribution in [0.15, 0.2) is 49.1 Å². The number of carbonyl (C=O) groups is 1. The molecule has 1 atom stereocenters. The molecule has 2 aromatic heterocycles. The molecule has 26 heavy (non-hydrogen) atoms. The van der Waals surface area contributed by atoms with Gasteiger partial charge < -0.3 is 9.47 Å². The van der Waals surface area contributed by atoms with Crippen molar-refractivity contribution < 1.29 is 4.79 Å². The molecule has 140 valence electrons. The van der Waals surface area contributed by atoms with Crippen molar-refractivity contribution in [3.63, 3.8) is 0 Å². The van der Waals surface area contributed by atoms with Gasteiger partial charge in [-0.2, -0.15) is 11.8 Å². The quantitative estimate of drug-likeness (QED) is 0.714.